The van der Waals surface area contributed by atoms with Crippen molar-refractivity contribution in [1.82, 2.24) is 0 Å². The molecule has 0 amide bonds. The fraction of sp³-hybridized carbons (Fsp3) is 0.833. The molecule has 2 heterocycles. The van der Waals surface area contributed by atoms with Crippen molar-refractivity contribution in [2.75, 3.05) is 26.4 Å². The van der Waals surface area contributed by atoms with Crippen LogP contribution < -0.4 is 0 Å². The molecule has 2 saturated heterocycles. The first-order chi connectivity index (χ1) is 14.1. The van der Waals surface area contributed by atoms with Gasteiger partial charge in [0.15, 0.2) is 11.6 Å². The smallest absolute Gasteiger partial charge is 0.177 e. The average Bonchev–Trinajstić information content (AvgIpc) is 3.45. The first kappa shape index (κ1) is 19.3. The highest BCUT2D eigenvalue weighted by molar-refractivity contribution is 6.25. The van der Waals surface area contributed by atoms with Crippen molar-refractivity contribution in [3.63, 3.8) is 0 Å². The molecular weight excluding hydrogens is 388 g/mol. The molecule has 0 aromatic rings. The van der Waals surface area contributed by atoms with Crippen LogP contribution in [0, 0.1) is 28.6 Å². The van der Waals surface area contributed by atoms with Crippen molar-refractivity contribution >= 4 is 11.6 Å². The van der Waals surface area contributed by atoms with E-state index in [1.807, 2.05) is 0 Å². The van der Waals surface area contributed by atoms with Crippen LogP contribution in [-0.4, -0.2) is 38.0 Å². The number of ether oxygens (including phenoxy) is 4. The Morgan fingerprint density at radius 2 is 1.66 bits per heavy atom. The summed E-state index contributed by atoms with van der Waals surface area (Å²) in [5, 5.41) is 0. The largest absolute Gasteiger partial charge is 0.347 e. The number of hydrogen-bond acceptors (Lipinski definition) is 4. The predicted molar refractivity (Wildman–Crippen MR) is 110 cm³/mol. The molecule has 0 N–H and O–H groups in total. The zero-order valence-electron chi connectivity index (χ0n) is 17.5. The summed E-state index contributed by atoms with van der Waals surface area (Å²) in [7, 11) is 0. The van der Waals surface area contributed by atoms with E-state index in [-0.39, 0.29) is 16.6 Å². The molecule has 5 heteroatoms. The minimum atomic E-state index is -0.443. The van der Waals surface area contributed by atoms with Gasteiger partial charge in [-0.05, 0) is 55.3 Å². The SMILES string of the molecule is CC12CCC3(CC1=CC[C@@H]1[C@@H]2CCC2(C=CCl)[C@H]1CCC21OCCO1)OCCO3. The molecule has 0 radical (unpaired) electrons. The normalized spacial score (nSPS) is 47.4. The fourth-order valence-electron chi connectivity index (χ4n) is 8.35. The third-order valence-corrected chi connectivity index (χ3v) is 9.79. The summed E-state index contributed by atoms with van der Waals surface area (Å²) in [6.45, 7) is 5.43. The zero-order valence-corrected chi connectivity index (χ0v) is 18.2. The van der Waals surface area contributed by atoms with Crippen LogP contribution in [0.5, 0.6) is 0 Å². The third-order valence-electron chi connectivity index (χ3n) is 9.66. The molecule has 6 rings (SSSR count). The number of allylic oxidation sites excluding steroid dienone is 1. The van der Waals surface area contributed by atoms with Crippen molar-refractivity contribution in [2.45, 2.75) is 69.9 Å². The van der Waals surface area contributed by atoms with Crippen molar-refractivity contribution in [2.24, 2.45) is 28.6 Å². The predicted octanol–water partition coefficient (Wildman–Crippen LogP) is 5.17. The minimum Gasteiger partial charge on any atom is -0.347 e. The highest BCUT2D eigenvalue weighted by atomic mass is 35.5. The Morgan fingerprint density at radius 3 is 2.41 bits per heavy atom. The van der Waals surface area contributed by atoms with Crippen LogP contribution in [0.2, 0.25) is 0 Å². The molecule has 2 aliphatic heterocycles. The minimum absolute atomic E-state index is 0.0678. The van der Waals surface area contributed by atoms with Gasteiger partial charge in [-0.2, -0.15) is 0 Å². The Bertz CT molecular complexity index is 735. The molecule has 6 aliphatic rings. The molecule has 5 fully saturated rings. The Kier molecular flexibility index (Phi) is 4.36. The Hall–Kier alpha value is -0.390. The maximum absolute atomic E-state index is 6.32. The Labute approximate surface area is 178 Å². The molecule has 3 saturated carbocycles. The summed E-state index contributed by atoms with van der Waals surface area (Å²) in [5.41, 5.74) is 3.53. The van der Waals surface area contributed by atoms with Crippen LogP contribution in [0.1, 0.15) is 58.3 Å². The quantitative estimate of drug-likeness (QED) is 0.548. The van der Waals surface area contributed by atoms with Crippen molar-refractivity contribution in [3.8, 4) is 0 Å². The molecule has 0 aromatic carbocycles. The van der Waals surface area contributed by atoms with Crippen LogP contribution in [0.15, 0.2) is 23.3 Å². The third kappa shape index (κ3) is 2.47. The van der Waals surface area contributed by atoms with E-state index in [1.165, 1.54) is 19.3 Å². The standard InChI is InChI=1S/C24H33ClO4/c1-21-8-9-23(26-12-13-27-23)16-17(21)2-3-18-19(21)4-6-22(10-11-25)20(18)5-7-24(22)28-14-15-29-24/h2,10-11,18-20H,3-9,12-16H2,1H3/t18-,19+,20+,21?,22?/m1/s1. The Morgan fingerprint density at radius 1 is 0.931 bits per heavy atom. The lowest BCUT2D eigenvalue weighted by molar-refractivity contribution is -0.232. The lowest BCUT2D eigenvalue weighted by Gasteiger charge is -2.59. The van der Waals surface area contributed by atoms with E-state index < -0.39 is 5.79 Å². The van der Waals surface area contributed by atoms with Crippen molar-refractivity contribution in [1.29, 1.82) is 0 Å². The summed E-state index contributed by atoms with van der Waals surface area (Å²) < 4.78 is 24.8. The van der Waals surface area contributed by atoms with E-state index in [9.17, 15) is 0 Å². The topological polar surface area (TPSA) is 36.9 Å². The second-order valence-electron chi connectivity index (χ2n) is 10.4. The first-order valence-electron chi connectivity index (χ1n) is 11.6. The molecule has 29 heavy (non-hydrogen) atoms. The summed E-state index contributed by atoms with van der Waals surface area (Å²) in [6.07, 6.45) is 13.6. The maximum Gasteiger partial charge on any atom is 0.177 e. The molecule has 4 nitrogen and oxygen atoms in total. The zero-order chi connectivity index (χ0) is 19.7. The van der Waals surface area contributed by atoms with Crippen LogP contribution in [0.4, 0.5) is 0 Å². The van der Waals surface area contributed by atoms with Gasteiger partial charge in [0.05, 0.1) is 26.4 Å². The van der Waals surface area contributed by atoms with Crippen molar-refractivity contribution in [3.05, 3.63) is 23.3 Å². The van der Waals surface area contributed by atoms with Crippen LogP contribution in [0.25, 0.3) is 0 Å². The van der Waals surface area contributed by atoms with Gasteiger partial charge in [0.25, 0.3) is 0 Å². The van der Waals surface area contributed by atoms with Crippen LogP contribution >= 0.6 is 11.6 Å². The monoisotopic (exact) mass is 420 g/mol. The number of halogens is 1. The van der Waals surface area contributed by atoms with Crippen LogP contribution in [-0.2, 0) is 18.9 Å². The fourth-order valence-corrected chi connectivity index (χ4v) is 8.58. The van der Waals surface area contributed by atoms with Gasteiger partial charge < -0.3 is 18.9 Å². The van der Waals surface area contributed by atoms with E-state index in [1.54, 1.807) is 11.1 Å². The van der Waals surface area contributed by atoms with E-state index in [4.69, 9.17) is 30.5 Å². The molecular formula is C24H33ClO4. The van der Waals surface area contributed by atoms with Gasteiger partial charge in [0, 0.05) is 30.2 Å². The molecule has 160 valence electrons. The lowest BCUT2D eigenvalue weighted by atomic mass is 9.47. The van der Waals surface area contributed by atoms with Gasteiger partial charge in [0.1, 0.15) is 0 Å². The summed E-state index contributed by atoms with van der Waals surface area (Å²) in [5.74, 6) is 1.21. The number of rotatable bonds is 1. The molecule has 2 spiro atoms. The summed E-state index contributed by atoms with van der Waals surface area (Å²) >= 11 is 6.21. The highest BCUT2D eigenvalue weighted by Crippen LogP contribution is 2.69. The second kappa shape index (κ2) is 6.56. The van der Waals surface area contributed by atoms with E-state index in [0.29, 0.717) is 25.0 Å². The van der Waals surface area contributed by atoms with Gasteiger partial charge in [-0.25, -0.2) is 0 Å². The lowest BCUT2D eigenvalue weighted by Crippen LogP contribution is -2.56. The second-order valence-corrected chi connectivity index (χ2v) is 10.7. The average molecular weight is 421 g/mol. The number of fused-ring (bicyclic) bond motifs is 6. The molecule has 4 aliphatic carbocycles. The van der Waals surface area contributed by atoms with E-state index >= 15 is 0 Å². The van der Waals surface area contributed by atoms with Gasteiger partial charge in [0.2, 0.25) is 0 Å². The first-order valence-corrected chi connectivity index (χ1v) is 12.0. The van der Waals surface area contributed by atoms with Gasteiger partial charge in [-0.3, -0.25) is 0 Å². The van der Waals surface area contributed by atoms with E-state index in [2.05, 4.69) is 19.1 Å². The summed E-state index contributed by atoms with van der Waals surface area (Å²) in [4.78, 5) is 0. The van der Waals surface area contributed by atoms with Crippen molar-refractivity contribution < 1.29 is 18.9 Å². The Balaban J connectivity index is 1.35. The molecule has 0 bridgehead atoms. The van der Waals surface area contributed by atoms with Crippen LogP contribution in [0.3, 0.4) is 0 Å². The van der Waals surface area contributed by atoms with E-state index in [0.717, 1.165) is 51.2 Å². The molecule has 0 aromatic heterocycles. The maximum atomic E-state index is 6.32. The van der Waals surface area contributed by atoms with Gasteiger partial charge in [-0.15, -0.1) is 0 Å². The van der Waals surface area contributed by atoms with Gasteiger partial charge in [-0.1, -0.05) is 36.2 Å². The highest BCUT2D eigenvalue weighted by Gasteiger charge is 2.68. The van der Waals surface area contributed by atoms with Gasteiger partial charge >= 0.3 is 0 Å². The number of hydrogen-bond donors (Lipinski definition) is 0. The molecule has 2 unspecified atom stereocenters. The molecule has 5 atom stereocenters. The summed E-state index contributed by atoms with van der Waals surface area (Å²) in [6, 6.07) is 0.